The third-order valence-electron chi connectivity index (χ3n) is 5.81. The SMILES string of the molecule is CC(C)(C)OC(=O)[C@H](COC(=O)NS(=O)(=O)N(N)c1ccc(CC(=O)O)cc1)C(=O)OC(c1ccccc1)c1ccccc1. The maximum atomic E-state index is 13.4. The summed E-state index contributed by atoms with van der Waals surface area (Å²) < 4.78 is 43.2. The van der Waals surface area contributed by atoms with Crippen LogP contribution >= 0.6 is 0 Å². The molecule has 0 aliphatic heterocycles. The quantitative estimate of drug-likeness (QED) is 0.0878. The van der Waals surface area contributed by atoms with Crippen LogP contribution in [0.5, 0.6) is 0 Å². The smallest absolute Gasteiger partial charge is 0.422 e. The molecule has 3 rings (SSSR count). The van der Waals surface area contributed by atoms with Crippen LogP contribution in [-0.2, 0) is 45.2 Å². The molecule has 0 aromatic heterocycles. The number of hydrogen-bond donors (Lipinski definition) is 3. The predicted molar refractivity (Wildman–Crippen MR) is 158 cm³/mol. The van der Waals surface area contributed by atoms with Gasteiger partial charge in [0.2, 0.25) is 0 Å². The van der Waals surface area contributed by atoms with Crippen molar-refractivity contribution in [3.8, 4) is 0 Å². The van der Waals surface area contributed by atoms with Crippen molar-refractivity contribution in [3.05, 3.63) is 102 Å². The minimum absolute atomic E-state index is 0.0949. The molecule has 234 valence electrons. The number of aliphatic carboxylic acids is 1. The molecule has 0 saturated heterocycles. The first-order chi connectivity index (χ1) is 20.7. The summed E-state index contributed by atoms with van der Waals surface area (Å²) in [6.07, 6.45) is -2.75. The molecule has 0 bridgehead atoms. The molecule has 0 aliphatic carbocycles. The molecule has 0 unspecified atom stereocenters. The van der Waals surface area contributed by atoms with Gasteiger partial charge in [0, 0.05) is 0 Å². The Morgan fingerprint density at radius 3 is 1.86 bits per heavy atom. The van der Waals surface area contributed by atoms with Gasteiger partial charge in [0.25, 0.3) is 0 Å². The predicted octanol–water partition coefficient (Wildman–Crippen LogP) is 3.26. The Hall–Kier alpha value is -4.95. The molecule has 1 amide bonds. The third-order valence-corrected chi connectivity index (χ3v) is 6.97. The fraction of sp³-hybridized carbons (Fsp3) is 0.267. The molecule has 14 heteroatoms. The van der Waals surface area contributed by atoms with Gasteiger partial charge in [-0.1, -0.05) is 72.8 Å². The lowest BCUT2D eigenvalue weighted by Gasteiger charge is -2.25. The number of carboxylic acid groups (broad SMARTS) is 1. The first-order valence-electron chi connectivity index (χ1n) is 13.2. The highest BCUT2D eigenvalue weighted by Gasteiger charge is 2.36. The molecule has 0 heterocycles. The highest BCUT2D eigenvalue weighted by atomic mass is 32.2. The van der Waals surface area contributed by atoms with Gasteiger partial charge in [-0.3, -0.25) is 14.4 Å². The number of nitrogens with two attached hydrogens (primary N) is 1. The van der Waals surface area contributed by atoms with E-state index in [1.807, 2.05) is 0 Å². The number of benzene rings is 3. The molecular formula is C30H33N3O10S. The van der Waals surface area contributed by atoms with E-state index >= 15 is 0 Å². The molecule has 0 aliphatic rings. The van der Waals surface area contributed by atoms with Gasteiger partial charge in [-0.15, -0.1) is 0 Å². The molecule has 4 N–H and O–H groups in total. The lowest BCUT2D eigenvalue weighted by molar-refractivity contribution is -0.172. The summed E-state index contributed by atoms with van der Waals surface area (Å²) in [7, 11) is -4.72. The molecule has 3 aromatic rings. The van der Waals surface area contributed by atoms with Crippen LogP contribution in [-0.4, -0.2) is 49.7 Å². The van der Waals surface area contributed by atoms with Gasteiger partial charge < -0.3 is 19.3 Å². The summed E-state index contributed by atoms with van der Waals surface area (Å²) in [6, 6.07) is 22.7. The Balaban J connectivity index is 1.75. The van der Waals surface area contributed by atoms with Gasteiger partial charge in [-0.25, -0.2) is 10.6 Å². The molecule has 1 atom stereocenters. The van der Waals surface area contributed by atoms with Crippen molar-refractivity contribution in [2.45, 2.75) is 38.9 Å². The van der Waals surface area contributed by atoms with Gasteiger partial charge in [-0.2, -0.15) is 17.6 Å². The first kappa shape index (κ1) is 33.6. The van der Waals surface area contributed by atoms with Crippen LogP contribution in [0.3, 0.4) is 0 Å². The van der Waals surface area contributed by atoms with E-state index in [0.29, 0.717) is 16.7 Å². The fourth-order valence-corrected chi connectivity index (χ4v) is 4.57. The number of anilines is 1. The maximum Gasteiger partial charge on any atom is 0.422 e. The topological polar surface area (TPSA) is 192 Å². The Bertz CT molecular complexity index is 1520. The van der Waals surface area contributed by atoms with Gasteiger partial charge in [0.15, 0.2) is 12.0 Å². The summed E-state index contributed by atoms with van der Waals surface area (Å²) >= 11 is 0. The van der Waals surface area contributed by atoms with Crippen molar-refractivity contribution in [2.24, 2.45) is 11.8 Å². The average Bonchev–Trinajstić information content (AvgIpc) is 2.95. The Kier molecular flexibility index (Phi) is 11.0. The van der Waals surface area contributed by atoms with Crippen molar-refractivity contribution in [2.75, 3.05) is 11.0 Å². The van der Waals surface area contributed by atoms with Gasteiger partial charge in [-0.05, 0) is 49.6 Å². The monoisotopic (exact) mass is 627 g/mol. The molecule has 0 fully saturated rings. The first-order valence-corrected chi connectivity index (χ1v) is 14.7. The number of hydrazine groups is 1. The highest BCUT2D eigenvalue weighted by molar-refractivity contribution is 7.91. The largest absolute Gasteiger partial charge is 0.481 e. The number of ether oxygens (including phenoxy) is 3. The minimum atomic E-state index is -4.72. The molecule has 0 radical (unpaired) electrons. The second-order valence-electron chi connectivity index (χ2n) is 10.5. The zero-order valence-corrected chi connectivity index (χ0v) is 25.0. The zero-order chi connectivity index (χ0) is 32.5. The summed E-state index contributed by atoms with van der Waals surface area (Å²) in [4.78, 5) is 49.8. The minimum Gasteiger partial charge on any atom is -0.481 e. The second kappa shape index (κ2) is 14.5. The van der Waals surface area contributed by atoms with Crippen LogP contribution < -0.4 is 15.0 Å². The molecule has 0 spiro atoms. The zero-order valence-electron chi connectivity index (χ0n) is 24.2. The van der Waals surface area contributed by atoms with E-state index in [9.17, 15) is 27.6 Å². The van der Waals surface area contributed by atoms with Crippen molar-refractivity contribution in [1.82, 2.24) is 4.72 Å². The number of rotatable bonds is 12. The van der Waals surface area contributed by atoms with Gasteiger partial charge in [0.05, 0.1) is 12.1 Å². The Morgan fingerprint density at radius 2 is 1.39 bits per heavy atom. The summed E-state index contributed by atoms with van der Waals surface area (Å²) in [5.41, 5.74) is 0.501. The molecule has 44 heavy (non-hydrogen) atoms. The second-order valence-corrected chi connectivity index (χ2v) is 12.0. The lowest BCUT2D eigenvalue weighted by atomic mass is 10.0. The van der Waals surface area contributed by atoms with Crippen LogP contribution in [0.4, 0.5) is 10.5 Å². The molecule has 3 aromatic carbocycles. The van der Waals surface area contributed by atoms with E-state index in [0.717, 1.165) is 0 Å². The summed E-state index contributed by atoms with van der Waals surface area (Å²) in [5.74, 6) is 0.690. The standard InChI is InChI=1S/C30H33N3O10S/c1-30(2,3)43-28(37)24(27(36)42-26(21-10-6-4-7-11-21)22-12-8-5-9-13-22)19-41-29(38)32-44(39,40)33(31)23-16-14-20(15-17-23)18-25(34)35/h4-17,24,26H,18-19,31H2,1-3H3,(H,32,38)(H,34,35)/t24-/m1/s1. The van der Waals surface area contributed by atoms with Crippen LogP contribution in [0, 0.1) is 5.92 Å². The molecule has 13 nitrogen and oxygen atoms in total. The van der Waals surface area contributed by atoms with Crippen LogP contribution in [0.15, 0.2) is 84.9 Å². The lowest BCUT2D eigenvalue weighted by Crippen LogP contribution is -2.48. The average molecular weight is 628 g/mol. The number of esters is 2. The van der Waals surface area contributed by atoms with E-state index in [-0.39, 0.29) is 16.5 Å². The Labute approximate surface area is 254 Å². The molecular weight excluding hydrogens is 594 g/mol. The fourth-order valence-electron chi connectivity index (χ4n) is 3.80. The van der Waals surface area contributed by atoms with Crippen LogP contribution in [0.2, 0.25) is 0 Å². The molecule has 0 saturated carbocycles. The van der Waals surface area contributed by atoms with Crippen LogP contribution in [0.25, 0.3) is 0 Å². The van der Waals surface area contributed by atoms with E-state index in [1.54, 1.807) is 86.2 Å². The number of nitrogens with zero attached hydrogens (tertiary/aromatic N) is 1. The summed E-state index contributed by atoms with van der Waals surface area (Å²) in [6.45, 7) is 3.82. The van der Waals surface area contributed by atoms with E-state index in [1.165, 1.54) is 24.3 Å². The third kappa shape index (κ3) is 9.81. The van der Waals surface area contributed by atoms with Gasteiger partial charge >= 0.3 is 34.2 Å². The van der Waals surface area contributed by atoms with Crippen molar-refractivity contribution in [1.29, 1.82) is 0 Å². The normalized spacial score (nSPS) is 12.1. The highest BCUT2D eigenvalue weighted by Crippen LogP contribution is 2.28. The number of carbonyl (C=O) groups is 4. The van der Waals surface area contributed by atoms with E-state index < -0.39 is 58.4 Å². The van der Waals surface area contributed by atoms with Crippen molar-refractivity contribution < 1.29 is 46.9 Å². The van der Waals surface area contributed by atoms with Crippen molar-refractivity contribution in [3.63, 3.8) is 0 Å². The van der Waals surface area contributed by atoms with Crippen LogP contribution in [0.1, 0.15) is 43.6 Å². The Morgan fingerprint density at radius 1 is 0.864 bits per heavy atom. The van der Waals surface area contributed by atoms with Gasteiger partial charge in [0.1, 0.15) is 12.2 Å². The number of carbonyl (C=O) groups excluding carboxylic acids is 3. The van der Waals surface area contributed by atoms with Crippen molar-refractivity contribution >= 4 is 39.9 Å². The number of amides is 1. The number of nitrogens with one attached hydrogen (secondary N) is 1. The number of hydrogen-bond acceptors (Lipinski definition) is 10. The summed E-state index contributed by atoms with van der Waals surface area (Å²) in [5, 5.41) is 8.88. The van der Waals surface area contributed by atoms with E-state index in [4.69, 9.17) is 25.2 Å². The maximum absolute atomic E-state index is 13.4. The number of carboxylic acids is 1. The van der Waals surface area contributed by atoms with E-state index in [2.05, 4.69) is 0 Å².